The Morgan fingerprint density at radius 1 is 0.317 bits per heavy atom. The second-order valence-corrected chi connectivity index (χ2v) is 14.1. The van der Waals surface area contributed by atoms with Crippen LogP contribution >= 0.6 is 0 Å². The van der Waals surface area contributed by atoms with Crippen molar-refractivity contribution < 1.29 is 64.6 Å². The zero-order valence-electron chi connectivity index (χ0n) is 33.7. The molecule has 3 heterocycles. The maximum Gasteiger partial charge on any atom is 0.176 e. The van der Waals surface area contributed by atoms with Crippen LogP contribution in [0.15, 0.2) is 183 Å². The molecule has 300 valence electrons. The summed E-state index contributed by atoms with van der Waals surface area (Å²) >= 11 is 0. The minimum Gasteiger partial charge on any atom is -1.00 e. The highest BCUT2D eigenvalue weighted by Crippen LogP contribution is 2.18. The van der Waals surface area contributed by atoms with Gasteiger partial charge >= 0.3 is 0 Å². The van der Waals surface area contributed by atoms with Crippen molar-refractivity contribution in [1.82, 2.24) is 0 Å². The van der Waals surface area contributed by atoms with Crippen LogP contribution in [0, 0.1) is 35.5 Å². The maximum absolute atomic E-state index is 3.43. The number of benzene rings is 4. The minimum absolute atomic E-state index is 0. The van der Waals surface area contributed by atoms with E-state index in [2.05, 4.69) is 232 Å². The standard InChI is InChI=1S/C54H48N3.3BrH/c1-10-25-49(26-11-1)52-31-19-37-55(43-52)34-16-4-7-22-46-40-47(23-8-5-17-35-56-38-20-32-53(44-56)50-27-12-2-13-28-50)42-48(41-46)24-9-6-18-36-57-39-21-33-54(45-57)51-29-14-3-15-30-51;;;/h1-3,10-15,19-21,25-33,37-45H,4-6,16-18,34-36H2;3*1H/q+3;;;/p-3. The Kier molecular flexibility index (Phi) is 20.3. The molecular weight excluding hydrogens is 930 g/mol. The molecular formula is C54H48Br3N3. The molecule has 0 saturated carbocycles. The number of pyridine rings is 3. The maximum atomic E-state index is 3.43. The van der Waals surface area contributed by atoms with E-state index in [4.69, 9.17) is 0 Å². The van der Waals surface area contributed by atoms with Crippen LogP contribution in [0.2, 0.25) is 0 Å². The third-order valence-electron chi connectivity index (χ3n) is 9.68. The van der Waals surface area contributed by atoms with Gasteiger partial charge in [-0.1, -0.05) is 127 Å². The van der Waals surface area contributed by atoms with E-state index < -0.39 is 0 Å². The van der Waals surface area contributed by atoms with Crippen molar-refractivity contribution in [3.05, 3.63) is 199 Å². The summed E-state index contributed by atoms with van der Waals surface area (Å²) in [6.07, 6.45) is 18.4. The van der Waals surface area contributed by atoms with Crippen LogP contribution in [0.1, 0.15) is 55.2 Å². The molecule has 0 radical (unpaired) electrons. The fourth-order valence-electron chi connectivity index (χ4n) is 6.78. The first-order chi connectivity index (χ1) is 28.2. The first kappa shape index (κ1) is 47.1. The fourth-order valence-corrected chi connectivity index (χ4v) is 6.78. The highest BCUT2D eigenvalue weighted by atomic mass is 79.9. The molecule has 0 unspecified atom stereocenters. The Labute approximate surface area is 388 Å². The number of hydrogen-bond acceptors (Lipinski definition) is 0. The van der Waals surface area contributed by atoms with E-state index in [1.807, 2.05) is 0 Å². The van der Waals surface area contributed by atoms with E-state index >= 15 is 0 Å². The van der Waals surface area contributed by atoms with Crippen molar-refractivity contribution in [3.63, 3.8) is 0 Å². The molecule has 3 aromatic heterocycles. The largest absolute Gasteiger partial charge is 1.00 e. The van der Waals surface area contributed by atoms with Crippen LogP contribution in [-0.4, -0.2) is 0 Å². The second-order valence-electron chi connectivity index (χ2n) is 14.1. The highest BCUT2D eigenvalue weighted by Gasteiger charge is 2.07. The predicted octanol–water partition coefficient (Wildman–Crippen LogP) is 1.06. The summed E-state index contributed by atoms with van der Waals surface area (Å²) in [6.45, 7) is 2.75. The molecule has 0 N–H and O–H groups in total. The van der Waals surface area contributed by atoms with Crippen molar-refractivity contribution >= 4 is 0 Å². The molecule has 0 fully saturated rings. The van der Waals surface area contributed by atoms with Crippen LogP contribution in [0.5, 0.6) is 0 Å². The van der Waals surface area contributed by atoms with Gasteiger partial charge in [-0.2, -0.15) is 0 Å². The monoisotopic (exact) mass is 975 g/mol. The third-order valence-corrected chi connectivity index (χ3v) is 9.68. The summed E-state index contributed by atoms with van der Waals surface area (Å²) in [7, 11) is 0. The van der Waals surface area contributed by atoms with Gasteiger partial charge in [0.15, 0.2) is 37.2 Å². The highest BCUT2D eigenvalue weighted by molar-refractivity contribution is 5.62. The smallest absolute Gasteiger partial charge is 0.176 e. The normalized spacial score (nSPS) is 9.80. The van der Waals surface area contributed by atoms with Gasteiger partial charge in [-0.25, -0.2) is 13.7 Å². The molecule has 0 atom stereocenters. The summed E-state index contributed by atoms with van der Waals surface area (Å²) in [4.78, 5) is 0. The molecule has 4 aromatic carbocycles. The summed E-state index contributed by atoms with van der Waals surface area (Å²) in [5, 5.41) is 0. The summed E-state index contributed by atoms with van der Waals surface area (Å²) in [6, 6.07) is 50.7. The molecule has 0 aliphatic rings. The van der Waals surface area contributed by atoms with Gasteiger partial charge in [0.1, 0.15) is 19.6 Å². The van der Waals surface area contributed by atoms with Gasteiger partial charge in [-0.3, -0.25) is 0 Å². The Morgan fingerprint density at radius 2 is 0.583 bits per heavy atom. The predicted molar refractivity (Wildman–Crippen MR) is 231 cm³/mol. The molecule has 0 bridgehead atoms. The Bertz CT molecular complexity index is 2280. The number of unbranched alkanes of at least 4 members (excludes halogenated alkanes) is 3. The zero-order chi connectivity index (χ0) is 38.7. The molecule has 0 amide bonds. The average molecular weight is 979 g/mol. The first-order valence-electron chi connectivity index (χ1n) is 20.0. The second kappa shape index (κ2) is 25.8. The van der Waals surface area contributed by atoms with Crippen LogP contribution < -0.4 is 64.6 Å². The van der Waals surface area contributed by atoms with Crippen molar-refractivity contribution in [1.29, 1.82) is 0 Å². The molecule has 60 heavy (non-hydrogen) atoms. The lowest BCUT2D eigenvalue weighted by molar-refractivity contribution is -0.696. The average Bonchev–Trinajstić information content (AvgIpc) is 3.27. The van der Waals surface area contributed by atoms with Crippen LogP contribution in [-0.2, 0) is 19.6 Å². The quantitative estimate of drug-likeness (QED) is 0.0989. The van der Waals surface area contributed by atoms with E-state index in [0.717, 1.165) is 74.8 Å². The number of halogens is 3. The van der Waals surface area contributed by atoms with E-state index in [1.54, 1.807) is 0 Å². The van der Waals surface area contributed by atoms with Crippen LogP contribution in [0.4, 0.5) is 0 Å². The van der Waals surface area contributed by atoms with Crippen molar-refractivity contribution in [2.75, 3.05) is 0 Å². The Balaban J connectivity index is 0.00000265. The van der Waals surface area contributed by atoms with E-state index in [0.29, 0.717) is 0 Å². The number of aryl methyl sites for hydroxylation is 3. The van der Waals surface area contributed by atoms with Crippen molar-refractivity contribution in [2.45, 2.75) is 58.2 Å². The lowest BCUT2D eigenvalue weighted by Crippen LogP contribution is -3.00. The van der Waals surface area contributed by atoms with Gasteiger partial charge in [0.2, 0.25) is 0 Å². The van der Waals surface area contributed by atoms with Crippen molar-refractivity contribution in [2.24, 2.45) is 0 Å². The molecule has 0 aliphatic heterocycles. The van der Waals surface area contributed by atoms with E-state index in [-0.39, 0.29) is 50.9 Å². The van der Waals surface area contributed by atoms with E-state index in [1.165, 1.54) is 33.4 Å². The number of nitrogens with zero attached hydrogens (tertiary/aromatic N) is 3. The Morgan fingerprint density at radius 3 is 0.867 bits per heavy atom. The van der Waals surface area contributed by atoms with E-state index in [9.17, 15) is 0 Å². The molecule has 6 heteroatoms. The summed E-state index contributed by atoms with van der Waals surface area (Å²) in [5.41, 5.74) is 10.3. The molecule has 0 saturated heterocycles. The van der Waals surface area contributed by atoms with Gasteiger partial charge in [-0.05, 0) is 53.1 Å². The third kappa shape index (κ3) is 14.9. The molecule has 7 rings (SSSR count). The zero-order valence-corrected chi connectivity index (χ0v) is 38.4. The molecule has 0 aliphatic carbocycles. The number of rotatable bonds is 12. The van der Waals surface area contributed by atoms with Crippen LogP contribution in [0.3, 0.4) is 0 Å². The first-order valence-corrected chi connectivity index (χ1v) is 20.0. The van der Waals surface area contributed by atoms with Gasteiger partial charge in [0, 0.05) is 90.1 Å². The van der Waals surface area contributed by atoms with Gasteiger partial charge in [-0.15, -0.1) is 0 Å². The summed E-state index contributed by atoms with van der Waals surface area (Å²) in [5.74, 6) is 20.6. The van der Waals surface area contributed by atoms with Gasteiger partial charge in [0.05, 0.1) is 0 Å². The van der Waals surface area contributed by atoms with Crippen LogP contribution in [0.25, 0.3) is 33.4 Å². The number of hydrogen-bond donors (Lipinski definition) is 0. The number of aromatic nitrogens is 3. The molecule has 0 spiro atoms. The van der Waals surface area contributed by atoms with Crippen molar-refractivity contribution in [3.8, 4) is 68.9 Å². The molecule has 3 nitrogen and oxygen atoms in total. The fraction of sp³-hybridized carbons (Fsp3) is 0.167. The van der Waals surface area contributed by atoms with Gasteiger partial charge < -0.3 is 50.9 Å². The lowest BCUT2D eigenvalue weighted by atomic mass is 10.1. The topological polar surface area (TPSA) is 11.6 Å². The Hall–Kier alpha value is -5.55. The summed E-state index contributed by atoms with van der Waals surface area (Å²) < 4.78 is 6.76. The molecule has 7 aromatic rings. The minimum atomic E-state index is 0. The SMILES string of the molecule is C(#Cc1cc(C#CCCC[n+]2cccc(-c3ccccc3)c2)cc(C#CCCC[n+]2cccc(-c3ccccc3)c2)c1)CCC[n+]1cccc(-c2ccccc2)c1.[Br-].[Br-].[Br-]. The lowest BCUT2D eigenvalue weighted by Gasteiger charge is -2.01. The van der Waals surface area contributed by atoms with Gasteiger partial charge in [0.25, 0.3) is 0 Å².